The van der Waals surface area contributed by atoms with E-state index >= 15 is 0 Å². The number of carbonyl (C=O) groups excluding carboxylic acids is 1. The third-order valence-electron chi connectivity index (χ3n) is 3.30. The summed E-state index contributed by atoms with van der Waals surface area (Å²) in [6.45, 7) is 0. The van der Waals surface area contributed by atoms with Gasteiger partial charge in [0, 0.05) is 22.1 Å². The van der Waals surface area contributed by atoms with Crippen LogP contribution >= 0.6 is 11.8 Å². The molecule has 96 valence electrons. The van der Waals surface area contributed by atoms with Crippen molar-refractivity contribution >= 4 is 17.5 Å². The highest BCUT2D eigenvalue weighted by Gasteiger charge is 2.27. The van der Waals surface area contributed by atoms with E-state index in [-0.39, 0.29) is 11.0 Å². The van der Waals surface area contributed by atoms with E-state index in [0.29, 0.717) is 6.42 Å². The zero-order valence-electron chi connectivity index (χ0n) is 10.6. The van der Waals surface area contributed by atoms with Gasteiger partial charge in [-0.15, -0.1) is 11.8 Å². The fourth-order valence-electron chi connectivity index (χ4n) is 2.28. The number of benzene rings is 2. The molecule has 2 aromatic rings. The molecule has 1 atom stereocenters. The lowest BCUT2D eigenvalue weighted by Gasteiger charge is -2.23. The molecule has 0 fully saturated rings. The number of thioether (sulfide) groups is 1. The predicted octanol–water partition coefficient (Wildman–Crippen LogP) is 4.12. The molecule has 1 aliphatic rings. The van der Waals surface area contributed by atoms with Crippen molar-refractivity contribution in [1.29, 1.82) is 0 Å². The first-order valence-electron chi connectivity index (χ1n) is 6.21. The van der Waals surface area contributed by atoms with Gasteiger partial charge in [0.2, 0.25) is 0 Å². The third-order valence-corrected chi connectivity index (χ3v) is 4.63. The van der Waals surface area contributed by atoms with Gasteiger partial charge in [-0.05, 0) is 23.8 Å². The number of rotatable bonds is 2. The summed E-state index contributed by atoms with van der Waals surface area (Å²) in [7, 11) is 1.62. The zero-order chi connectivity index (χ0) is 13.2. The Morgan fingerprint density at radius 2 is 1.95 bits per heavy atom. The number of methoxy groups -OCH3 is 1. The number of carbonyl (C=O) groups is 1. The summed E-state index contributed by atoms with van der Waals surface area (Å²) in [5.74, 6) is 0.937. The standard InChI is InChI=1S/C16H14O2S/c1-18-12-7-8-15-13(9-12)14(17)10-16(19-15)11-5-3-2-4-6-11/h2-9,16H,10H2,1H3. The van der Waals surface area contributed by atoms with E-state index in [9.17, 15) is 4.79 Å². The molecule has 0 bridgehead atoms. The minimum atomic E-state index is 0.196. The number of ketones is 1. The molecule has 0 saturated carbocycles. The molecule has 2 nitrogen and oxygen atoms in total. The summed E-state index contributed by atoms with van der Waals surface area (Å²) in [5.41, 5.74) is 2.00. The summed E-state index contributed by atoms with van der Waals surface area (Å²) in [5, 5.41) is 0.217. The molecule has 1 heterocycles. The van der Waals surface area contributed by atoms with Crippen molar-refractivity contribution in [3.63, 3.8) is 0 Å². The molecule has 0 aliphatic carbocycles. The van der Waals surface area contributed by atoms with E-state index in [4.69, 9.17) is 4.74 Å². The Balaban J connectivity index is 1.95. The highest BCUT2D eigenvalue weighted by Crippen LogP contribution is 2.45. The fraction of sp³-hybridized carbons (Fsp3) is 0.188. The highest BCUT2D eigenvalue weighted by molar-refractivity contribution is 7.99. The van der Waals surface area contributed by atoms with E-state index in [2.05, 4.69) is 12.1 Å². The molecule has 19 heavy (non-hydrogen) atoms. The van der Waals surface area contributed by atoms with Crippen LogP contribution < -0.4 is 4.74 Å². The Bertz CT molecular complexity index is 607. The van der Waals surface area contributed by atoms with Crippen molar-refractivity contribution in [3.05, 3.63) is 59.7 Å². The van der Waals surface area contributed by atoms with Crippen molar-refractivity contribution in [2.45, 2.75) is 16.6 Å². The van der Waals surface area contributed by atoms with Gasteiger partial charge in [-0.25, -0.2) is 0 Å². The second-order valence-electron chi connectivity index (χ2n) is 4.51. The van der Waals surface area contributed by atoms with Crippen molar-refractivity contribution in [2.75, 3.05) is 7.11 Å². The molecule has 0 radical (unpaired) electrons. The normalized spacial score (nSPS) is 17.9. The summed E-state index contributed by atoms with van der Waals surface area (Å²) in [4.78, 5) is 13.3. The number of hydrogen-bond acceptors (Lipinski definition) is 3. The van der Waals surface area contributed by atoms with Crippen LogP contribution in [0, 0.1) is 0 Å². The predicted molar refractivity (Wildman–Crippen MR) is 77.0 cm³/mol. The van der Waals surface area contributed by atoms with E-state index in [1.54, 1.807) is 18.9 Å². The first-order chi connectivity index (χ1) is 9.28. The number of Topliss-reactive ketones (excluding diaryl/α,β-unsaturated/α-hetero) is 1. The van der Waals surface area contributed by atoms with Crippen LogP contribution in [0.2, 0.25) is 0 Å². The molecule has 3 rings (SSSR count). The van der Waals surface area contributed by atoms with E-state index in [1.165, 1.54) is 5.56 Å². The van der Waals surface area contributed by atoms with Crippen molar-refractivity contribution < 1.29 is 9.53 Å². The first kappa shape index (κ1) is 12.3. The molecular weight excluding hydrogens is 256 g/mol. The third kappa shape index (κ3) is 2.38. The summed E-state index contributed by atoms with van der Waals surface area (Å²) in [6.07, 6.45) is 0.550. The second kappa shape index (κ2) is 5.10. The lowest BCUT2D eigenvalue weighted by atomic mass is 10.0. The topological polar surface area (TPSA) is 26.3 Å². The number of hydrogen-bond donors (Lipinski definition) is 0. The average Bonchev–Trinajstić information content (AvgIpc) is 2.48. The van der Waals surface area contributed by atoms with Crippen LogP contribution in [-0.2, 0) is 0 Å². The number of fused-ring (bicyclic) bond motifs is 1. The Kier molecular flexibility index (Phi) is 3.30. The van der Waals surface area contributed by atoms with Gasteiger partial charge in [-0.1, -0.05) is 30.3 Å². The van der Waals surface area contributed by atoms with Crippen LogP contribution in [0.25, 0.3) is 0 Å². The van der Waals surface area contributed by atoms with E-state index in [1.807, 2.05) is 36.4 Å². The summed E-state index contributed by atoms with van der Waals surface area (Å²) in [6, 6.07) is 15.9. The van der Waals surface area contributed by atoms with Gasteiger partial charge in [0.15, 0.2) is 5.78 Å². The largest absolute Gasteiger partial charge is 0.497 e. The minimum absolute atomic E-state index is 0.196. The smallest absolute Gasteiger partial charge is 0.165 e. The Hall–Kier alpha value is -1.74. The summed E-state index contributed by atoms with van der Waals surface area (Å²) >= 11 is 1.76. The first-order valence-corrected chi connectivity index (χ1v) is 7.09. The molecule has 3 heteroatoms. The van der Waals surface area contributed by atoms with E-state index < -0.39 is 0 Å². The zero-order valence-corrected chi connectivity index (χ0v) is 11.4. The lowest BCUT2D eigenvalue weighted by Crippen LogP contribution is -2.12. The van der Waals surface area contributed by atoms with Gasteiger partial charge in [-0.2, -0.15) is 0 Å². The van der Waals surface area contributed by atoms with Crippen molar-refractivity contribution in [3.8, 4) is 5.75 Å². The Labute approximate surface area is 116 Å². The van der Waals surface area contributed by atoms with Crippen molar-refractivity contribution in [1.82, 2.24) is 0 Å². The quantitative estimate of drug-likeness (QED) is 0.821. The van der Waals surface area contributed by atoms with Gasteiger partial charge in [-0.3, -0.25) is 4.79 Å². The Morgan fingerprint density at radius 3 is 2.68 bits per heavy atom. The van der Waals surface area contributed by atoms with Crippen molar-refractivity contribution in [2.24, 2.45) is 0 Å². The molecular formula is C16H14O2S. The maximum atomic E-state index is 12.3. The van der Waals surface area contributed by atoms with Gasteiger partial charge < -0.3 is 4.74 Å². The molecule has 2 aromatic carbocycles. The Morgan fingerprint density at radius 1 is 1.16 bits per heavy atom. The monoisotopic (exact) mass is 270 g/mol. The van der Waals surface area contributed by atoms with Gasteiger partial charge in [0.1, 0.15) is 5.75 Å². The molecule has 0 N–H and O–H groups in total. The van der Waals surface area contributed by atoms with Crippen LogP contribution in [0.4, 0.5) is 0 Å². The lowest BCUT2D eigenvalue weighted by molar-refractivity contribution is 0.0976. The van der Waals surface area contributed by atoms with Crippen LogP contribution in [0.1, 0.15) is 27.6 Å². The SMILES string of the molecule is COc1ccc2c(c1)C(=O)CC(c1ccccc1)S2. The van der Waals surface area contributed by atoms with Crippen LogP contribution in [0.5, 0.6) is 5.75 Å². The molecule has 0 amide bonds. The summed E-state index contributed by atoms with van der Waals surface area (Å²) < 4.78 is 5.18. The molecule has 1 aliphatic heterocycles. The second-order valence-corrected chi connectivity index (χ2v) is 5.75. The van der Waals surface area contributed by atoms with Gasteiger partial charge in [0.05, 0.1) is 7.11 Å². The molecule has 0 spiro atoms. The maximum Gasteiger partial charge on any atom is 0.165 e. The average molecular weight is 270 g/mol. The minimum Gasteiger partial charge on any atom is -0.497 e. The van der Waals surface area contributed by atoms with Gasteiger partial charge in [0.25, 0.3) is 0 Å². The van der Waals surface area contributed by atoms with Gasteiger partial charge >= 0.3 is 0 Å². The highest BCUT2D eigenvalue weighted by atomic mass is 32.2. The maximum absolute atomic E-state index is 12.3. The van der Waals surface area contributed by atoms with Crippen LogP contribution in [0.15, 0.2) is 53.4 Å². The van der Waals surface area contributed by atoms with E-state index in [0.717, 1.165) is 16.2 Å². The van der Waals surface area contributed by atoms with Crippen LogP contribution in [-0.4, -0.2) is 12.9 Å². The molecule has 1 unspecified atom stereocenters. The molecule has 0 aromatic heterocycles. The molecule has 0 saturated heterocycles. The fourth-order valence-corrected chi connectivity index (χ4v) is 3.56. The van der Waals surface area contributed by atoms with Crippen LogP contribution in [0.3, 0.4) is 0 Å². The number of ether oxygens (including phenoxy) is 1.